The van der Waals surface area contributed by atoms with Crippen molar-refractivity contribution in [3.63, 3.8) is 0 Å². The number of benzene rings is 2. The number of rotatable bonds is 2. The first kappa shape index (κ1) is 12.0. The molecule has 1 amide bonds. The van der Waals surface area contributed by atoms with Gasteiger partial charge in [0.15, 0.2) is 0 Å². The van der Waals surface area contributed by atoms with E-state index in [0.29, 0.717) is 5.92 Å². The zero-order chi connectivity index (χ0) is 13.1. The van der Waals surface area contributed by atoms with Crippen LogP contribution >= 0.6 is 0 Å². The van der Waals surface area contributed by atoms with Crippen molar-refractivity contribution in [3.8, 4) is 0 Å². The monoisotopic (exact) mass is 251 g/mol. The average Bonchev–Trinajstić information content (AvgIpc) is 2.98. The number of hydrogen-bond donors (Lipinski definition) is 0. The van der Waals surface area contributed by atoms with Gasteiger partial charge in [0, 0.05) is 24.6 Å². The number of amides is 1. The van der Waals surface area contributed by atoms with Crippen molar-refractivity contribution in [2.75, 3.05) is 13.1 Å². The van der Waals surface area contributed by atoms with Gasteiger partial charge in [-0.05, 0) is 24.1 Å². The van der Waals surface area contributed by atoms with Gasteiger partial charge in [0.2, 0.25) is 0 Å². The topological polar surface area (TPSA) is 20.3 Å². The molecular weight excluding hydrogens is 234 g/mol. The number of carbonyl (C=O) groups is 1. The Morgan fingerprint density at radius 1 is 0.947 bits per heavy atom. The third-order valence-electron chi connectivity index (χ3n) is 3.77. The molecule has 0 saturated carbocycles. The van der Waals surface area contributed by atoms with Crippen LogP contribution in [0.15, 0.2) is 60.7 Å². The first-order valence-electron chi connectivity index (χ1n) is 6.74. The molecule has 19 heavy (non-hydrogen) atoms. The van der Waals surface area contributed by atoms with Crippen molar-refractivity contribution in [1.82, 2.24) is 4.90 Å². The predicted molar refractivity (Wildman–Crippen MR) is 76.1 cm³/mol. The average molecular weight is 251 g/mol. The van der Waals surface area contributed by atoms with Gasteiger partial charge in [0.05, 0.1) is 0 Å². The summed E-state index contributed by atoms with van der Waals surface area (Å²) in [5.41, 5.74) is 2.13. The Kier molecular flexibility index (Phi) is 3.32. The molecule has 1 atom stereocenters. The van der Waals surface area contributed by atoms with Crippen LogP contribution in [0.3, 0.4) is 0 Å². The Bertz CT molecular complexity index is 550. The highest BCUT2D eigenvalue weighted by atomic mass is 16.2. The van der Waals surface area contributed by atoms with Crippen LogP contribution in [0, 0.1) is 0 Å². The molecule has 2 heteroatoms. The van der Waals surface area contributed by atoms with Crippen LogP contribution in [0.4, 0.5) is 0 Å². The number of nitrogens with zero attached hydrogens (tertiary/aromatic N) is 1. The second-order valence-corrected chi connectivity index (χ2v) is 5.01. The smallest absolute Gasteiger partial charge is 0.253 e. The van der Waals surface area contributed by atoms with E-state index in [0.717, 1.165) is 25.1 Å². The Labute approximate surface area is 113 Å². The Morgan fingerprint density at radius 3 is 2.26 bits per heavy atom. The lowest BCUT2D eigenvalue weighted by Crippen LogP contribution is -2.28. The van der Waals surface area contributed by atoms with Crippen LogP contribution in [-0.2, 0) is 0 Å². The molecule has 0 radical (unpaired) electrons. The van der Waals surface area contributed by atoms with E-state index >= 15 is 0 Å². The molecule has 1 heterocycles. The Balaban J connectivity index is 1.71. The molecule has 0 bridgehead atoms. The van der Waals surface area contributed by atoms with Crippen molar-refractivity contribution >= 4 is 5.91 Å². The van der Waals surface area contributed by atoms with Gasteiger partial charge in [-0.25, -0.2) is 0 Å². The number of likely N-dealkylation sites (tertiary alicyclic amines) is 1. The molecule has 1 unspecified atom stereocenters. The summed E-state index contributed by atoms with van der Waals surface area (Å²) in [5.74, 6) is 0.632. The Morgan fingerprint density at radius 2 is 1.58 bits per heavy atom. The van der Waals surface area contributed by atoms with Gasteiger partial charge in [0.1, 0.15) is 0 Å². The van der Waals surface area contributed by atoms with Crippen LogP contribution in [0.1, 0.15) is 28.3 Å². The van der Waals surface area contributed by atoms with E-state index in [1.807, 2.05) is 41.3 Å². The van der Waals surface area contributed by atoms with E-state index in [9.17, 15) is 4.79 Å². The van der Waals surface area contributed by atoms with Crippen LogP contribution in [0.25, 0.3) is 0 Å². The summed E-state index contributed by atoms with van der Waals surface area (Å²) in [6.07, 6.45) is 1.06. The standard InChI is InChI=1S/C17H17NO/c19-17(15-9-5-2-6-10-15)18-12-11-16(13-18)14-7-3-1-4-8-14/h1-10,16H,11-13H2. The maximum Gasteiger partial charge on any atom is 0.253 e. The summed E-state index contributed by atoms with van der Waals surface area (Å²) in [4.78, 5) is 14.3. The van der Waals surface area contributed by atoms with E-state index in [-0.39, 0.29) is 5.91 Å². The van der Waals surface area contributed by atoms with Crippen molar-refractivity contribution in [2.45, 2.75) is 12.3 Å². The van der Waals surface area contributed by atoms with Gasteiger partial charge in [-0.15, -0.1) is 0 Å². The lowest BCUT2D eigenvalue weighted by molar-refractivity contribution is 0.0791. The maximum absolute atomic E-state index is 12.3. The van der Waals surface area contributed by atoms with Gasteiger partial charge in [0.25, 0.3) is 5.91 Å². The minimum Gasteiger partial charge on any atom is -0.338 e. The molecule has 1 aliphatic heterocycles. The normalized spacial score (nSPS) is 18.5. The zero-order valence-corrected chi connectivity index (χ0v) is 10.8. The van der Waals surface area contributed by atoms with Gasteiger partial charge >= 0.3 is 0 Å². The molecule has 3 rings (SSSR count). The molecule has 1 fully saturated rings. The lowest BCUT2D eigenvalue weighted by atomic mass is 9.99. The summed E-state index contributed by atoms with van der Waals surface area (Å²) >= 11 is 0. The second-order valence-electron chi connectivity index (χ2n) is 5.01. The molecule has 2 aromatic carbocycles. The highest BCUT2D eigenvalue weighted by Gasteiger charge is 2.27. The van der Waals surface area contributed by atoms with E-state index in [1.165, 1.54) is 5.56 Å². The number of carbonyl (C=O) groups excluding carboxylic acids is 1. The first-order valence-corrected chi connectivity index (χ1v) is 6.74. The van der Waals surface area contributed by atoms with Crippen LogP contribution in [0.5, 0.6) is 0 Å². The summed E-state index contributed by atoms with van der Waals surface area (Å²) in [6, 6.07) is 20.0. The summed E-state index contributed by atoms with van der Waals surface area (Å²) in [6.45, 7) is 1.69. The fraction of sp³-hybridized carbons (Fsp3) is 0.235. The third-order valence-corrected chi connectivity index (χ3v) is 3.77. The minimum absolute atomic E-state index is 0.152. The lowest BCUT2D eigenvalue weighted by Gasteiger charge is -2.16. The molecule has 1 aliphatic rings. The Hall–Kier alpha value is -2.09. The van der Waals surface area contributed by atoms with Crippen molar-refractivity contribution in [1.29, 1.82) is 0 Å². The molecule has 2 nitrogen and oxygen atoms in total. The van der Waals surface area contributed by atoms with Crippen LogP contribution in [-0.4, -0.2) is 23.9 Å². The molecule has 2 aromatic rings. The fourth-order valence-corrected chi connectivity index (χ4v) is 2.71. The second kappa shape index (κ2) is 5.27. The minimum atomic E-state index is 0.152. The highest BCUT2D eigenvalue weighted by molar-refractivity contribution is 5.94. The summed E-state index contributed by atoms with van der Waals surface area (Å²) in [5, 5.41) is 0. The highest BCUT2D eigenvalue weighted by Crippen LogP contribution is 2.27. The van der Waals surface area contributed by atoms with E-state index in [1.54, 1.807) is 0 Å². The van der Waals surface area contributed by atoms with E-state index in [2.05, 4.69) is 24.3 Å². The van der Waals surface area contributed by atoms with Crippen molar-refractivity contribution < 1.29 is 4.79 Å². The molecular formula is C17H17NO. The third kappa shape index (κ3) is 2.53. The quantitative estimate of drug-likeness (QED) is 0.801. The van der Waals surface area contributed by atoms with Crippen LogP contribution in [0.2, 0.25) is 0 Å². The maximum atomic E-state index is 12.3. The van der Waals surface area contributed by atoms with Crippen molar-refractivity contribution in [3.05, 3.63) is 71.8 Å². The van der Waals surface area contributed by atoms with E-state index < -0.39 is 0 Å². The molecule has 0 aliphatic carbocycles. The van der Waals surface area contributed by atoms with Crippen molar-refractivity contribution in [2.24, 2.45) is 0 Å². The molecule has 0 spiro atoms. The SMILES string of the molecule is O=C(c1ccccc1)N1CCC(c2ccccc2)C1. The first-order chi connectivity index (χ1) is 9.34. The zero-order valence-electron chi connectivity index (χ0n) is 10.8. The fourth-order valence-electron chi connectivity index (χ4n) is 2.71. The molecule has 0 aromatic heterocycles. The molecule has 1 saturated heterocycles. The van der Waals surface area contributed by atoms with Crippen LogP contribution < -0.4 is 0 Å². The van der Waals surface area contributed by atoms with Gasteiger partial charge < -0.3 is 4.90 Å². The van der Waals surface area contributed by atoms with Gasteiger partial charge in [-0.2, -0.15) is 0 Å². The van der Waals surface area contributed by atoms with Gasteiger partial charge in [-0.1, -0.05) is 48.5 Å². The summed E-state index contributed by atoms with van der Waals surface area (Å²) < 4.78 is 0. The number of hydrogen-bond acceptors (Lipinski definition) is 1. The molecule has 0 N–H and O–H groups in total. The predicted octanol–water partition coefficient (Wildman–Crippen LogP) is 3.32. The summed E-state index contributed by atoms with van der Waals surface area (Å²) in [7, 11) is 0. The largest absolute Gasteiger partial charge is 0.338 e. The molecule has 96 valence electrons. The van der Waals surface area contributed by atoms with Gasteiger partial charge in [-0.3, -0.25) is 4.79 Å². The van der Waals surface area contributed by atoms with E-state index in [4.69, 9.17) is 0 Å².